The lowest BCUT2D eigenvalue weighted by molar-refractivity contribution is -0.384. The first-order valence-corrected chi connectivity index (χ1v) is 12.3. The zero-order chi connectivity index (χ0) is 22.9. The monoisotopic (exact) mass is 465 g/mol. The normalized spacial score (nSPS) is 16.9. The summed E-state index contributed by atoms with van der Waals surface area (Å²) in [5.74, 6) is -0.150. The van der Waals surface area contributed by atoms with Gasteiger partial charge in [-0.3, -0.25) is 14.9 Å². The molecule has 2 aliphatic heterocycles. The summed E-state index contributed by atoms with van der Waals surface area (Å²) in [6.45, 7) is 6.23. The first kappa shape index (κ1) is 21.6. The summed E-state index contributed by atoms with van der Waals surface area (Å²) in [7, 11) is 0. The van der Waals surface area contributed by atoms with Crippen LogP contribution in [0, 0.1) is 17.0 Å². The van der Waals surface area contributed by atoms with Crippen molar-refractivity contribution in [2.24, 2.45) is 0 Å². The predicted molar refractivity (Wildman–Crippen MR) is 132 cm³/mol. The summed E-state index contributed by atoms with van der Waals surface area (Å²) in [4.78, 5) is 35.3. The molecule has 0 atom stereocenters. The zero-order valence-corrected chi connectivity index (χ0v) is 19.5. The molecule has 9 heteroatoms. The van der Waals surface area contributed by atoms with E-state index < -0.39 is 0 Å². The van der Waals surface area contributed by atoms with Crippen LogP contribution in [0.2, 0.25) is 0 Å². The van der Waals surface area contributed by atoms with Crippen LogP contribution in [0.5, 0.6) is 0 Å². The molecule has 1 aromatic heterocycles. The van der Waals surface area contributed by atoms with Gasteiger partial charge in [0.25, 0.3) is 11.6 Å². The fourth-order valence-corrected chi connectivity index (χ4v) is 5.76. The molecule has 5 rings (SSSR count). The first-order chi connectivity index (χ1) is 16.0. The molecule has 3 aromatic rings. The van der Waals surface area contributed by atoms with E-state index in [1.807, 2.05) is 6.07 Å². The highest BCUT2D eigenvalue weighted by Gasteiger charge is 2.27. The molecule has 2 aromatic carbocycles. The van der Waals surface area contributed by atoms with Gasteiger partial charge < -0.3 is 14.7 Å². The minimum Gasteiger partial charge on any atom is -0.366 e. The number of thiazole rings is 1. The van der Waals surface area contributed by atoms with E-state index in [2.05, 4.69) is 28.9 Å². The van der Waals surface area contributed by atoms with Crippen LogP contribution in [0.15, 0.2) is 36.4 Å². The zero-order valence-electron chi connectivity index (χ0n) is 18.7. The van der Waals surface area contributed by atoms with Crippen LogP contribution in [0.3, 0.4) is 0 Å². The van der Waals surface area contributed by atoms with Crippen molar-refractivity contribution in [3.8, 4) is 0 Å². The van der Waals surface area contributed by atoms with E-state index in [0.717, 1.165) is 43.0 Å². The van der Waals surface area contributed by atoms with Crippen LogP contribution >= 0.6 is 11.3 Å². The molecule has 2 fully saturated rings. The standard InChI is InChI=1S/C24H27N5O3S/c1-17-5-7-19-22(15-17)33-24(25-19)28-13-11-27(12-14-28)23(30)18-6-8-20(21(16-18)29(31)32)26-9-3-2-4-10-26/h5-8,15-16H,2-4,9-14H2,1H3. The minimum atomic E-state index is -0.368. The fraction of sp³-hybridized carbons (Fsp3) is 0.417. The van der Waals surface area contributed by atoms with Crippen LogP contribution in [0.25, 0.3) is 10.2 Å². The maximum Gasteiger partial charge on any atom is 0.293 e. The number of nitro groups is 1. The second-order valence-corrected chi connectivity index (χ2v) is 9.76. The van der Waals surface area contributed by atoms with Gasteiger partial charge in [0.05, 0.1) is 15.1 Å². The summed E-state index contributed by atoms with van der Waals surface area (Å²) >= 11 is 1.68. The number of anilines is 2. The molecule has 0 spiro atoms. The first-order valence-electron chi connectivity index (χ1n) is 11.4. The quantitative estimate of drug-likeness (QED) is 0.418. The van der Waals surface area contributed by atoms with Crippen molar-refractivity contribution in [1.82, 2.24) is 9.88 Å². The van der Waals surface area contributed by atoms with E-state index in [4.69, 9.17) is 4.98 Å². The second-order valence-electron chi connectivity index (χ2n) is 8.76. The molecule has 33 heavy (non-hydrogen) atoms. The van der Waals surface area contributed by atoms with Gasteiger partial charge >= 0.3 is 0 Å². The smallest absolute Gasteiger partial charge is 0.293 e. The average molecular weight is 466 g/mol. The number of nitro benzene ring substituents is 1. The van der Waals surface area contributed by atoms with Crippen molar-refractivity contribution in [2.45, 2.75) is 26.2 Å². The van der Waals surface area contributed by atoms with E-state index in [0.29, 0.717) is 37.4 Å². The molecule has 2 aliphatic rings. The van der Waals surface area contributed by atoms with Gasteiger partial charge in [0.15, 0.2) is 5.13 Å². The Balaban J connectivity index is 1.29. The summed E-state index contributed by atoms with van der Waals surface area (Å²) in [6, 6.07) is 11.2. The summed E-state index contributed by atoms with van der Waals surface area (Å²) in [6.07, 6.45) is 3.23. The topological polar surface area (TPSA) is 82.8 Å². The number of hydrogen-bond donors (Lipinski definition) is 0. The van der Waals surface area contributed by atoms with Crippen molar-refractivity contribution in [3.63, 3.8) is 0 Å². The lowest BCUT2D eigenvalue weighted by Crippen LogP contribution is -2.48. The Hall–Kier alpha value is -3.20. The van der Waals surface area contributed by atoms with Gasteiger partial charge in [0, 0.05) is 50.9 Å². The molecule has 0 bridgehead atoms. The number of hydrogen-bond acceptors (Lipinski definition) is 7. The number of carbonyl (C=O) groups is 1. The number of nitrogens with zero attached hydrogens (tertiary/aromatic N) is 5. The fourth-order valence-electron chi connectivity index (χ4n) is 4.64. The number of rotatable bonds is 4. The Labute approximate surface area is 196 Å². The number of carbonyl (C=O) groups excluding carboxylic acids is 1. The third-order valence-corrected chi connectivity index (χ3v) is 7.56. The Morgan fingerprint density at radius 1 is 0.970 bits per heavy atom. The van der Waals surface area contributed by atoms with E-state index >= 15 is 0 Å². The maximum absolute atomic E-state index is 13.1. The number of piperazine rings is 1. The third-order valence-electron chi connectivity index (χ3n) is 6.49. The van der Waals surface area contributed by atoms with Gasteiger partial charge in [-0.2, -0.15) is 0 Å². The van der Waals surface area contributed by atoms with Crippen LogP contribution in [0.1, 0.15) is 35.2 Å². The van der Waals surface area contributed by atoms with Crippen molar-refractivity contribution in [3.05, 3.63) is 57.6 Å². The van der Waals surface area contributed by atoms with Gasteiger partial charge in [-0.05, 0) is 56.0 Å². The molecule has 0 aliphatic carbocycles. The van der Waals surface area contributed by atoms with Gasteiger partial charge in [-0.1, -0.05) is 17.4 Å². The van der Waals surface area contributed by atoms with Crippen LogP contribution in [-0.4, -0.2) is 60.0 Å². The molecule has 3 heterocycles. The molecule has 0 saturated carbocycles. The number of amides is 1. The number of piperidine rings is 1. The molecule has 0 unspecified atom stereocenters. The van der Waals surface area contributed by atoms with E-state index in [9.17, 15) is 14.9 Å². The molecule has 0 radical (unpaired) electrons. The summed E-state index contributed by atoms with van der Waals surface area (Å²) in [5, 5.41) is 12.7. The number of fused-ring (bicyclic) bond motifs is 1. The summed E-state index contributed by atoms with van der Waals surface area (Å²) < 4.78 is 1.17. The highest BCUT2D eigenvalue weighted by Crippen LogP contribution is 2.33. The Bertz CT molecular complexity index is 1200. The van der Waals surface area contributed by atoms with Crippen molar-refractivity contribution < 1.29 is 9.72 Å². The van der Waals surface area contributed by atoms with Crippen LogP contribution < -0.4 is 9.80 Å². The van der Waals surface area contributed by atoms with Crippen molar-refractivity contribution in [1.29, 1.82) is 0 Å². The number of benzene rings is 2. The lowest BCUT2D eigenvalue weighted by Gasteiger charge is -2.34. The van der Waals surface area contributed by atoms with Crippen molar-refractivity contribution in [2.75, 3.05) is 49.1 Å². The molecule has 8 nitrogen and oxygen atoms in total. The van der Waals surface area contributed by atoms with Gasteiger partial charge in [0.1, 0.15) is 5.69 Å². The second kappa shape index (κ2) is 8.97. The Kier molecular flexibility index (Phi) is 5.88. The SMILES string of the molecule is Cc1ccc2nc(N3CCN(C(=O)c4ccc(N5CCCCC5)c([N+](=O)[O-])c4)CC3)sc2c1. The molecule has 0 N–H and O–H groups in total. The number of aromatic nitrogens is 1. The highest BCUT2D eigenvalue weighted by atomic mass is 32.1. The molecular weight excluding hydrogens is 438 g/mol. The van der Waals surface area contributed by atoms with Crippen molar-refractivity contribution >= 4 is 44.0 Å². The average Bonchev–Trinajstić information content (AvgIpc) is 3.27. The van der Waals surface area contributed by atoms with Crippen LogP contribution in [-0.2, 0) is 0 Å². The van der Waals surface area contributed by atoms with Gasteiger partial charge in [-0.25, -0.2) is 4.98 Å². The van der Waals surface area contributed by atoms with E-state index in [-0.39, 0.29) is 16.5 Å². The summed E-state index contributed by atoms with van der Waals surface area (Å²) in [5.41, 5.74) is 3.23. The number of aryl methyl sites for hydroxylation is 1. The largest absolute Gasteiger partial charge is 0.366 e. The van der Waals surface area contributed by atoms with Gasteiger partial charge in [-0.15, -0.1) is 0 Å². The molecular formula is C24H27N5O3S. The molecule has 172 valence electrons. The minimum absolute atomic E-state index is 0.0196. The molecule has 2 saturated heterocycles. The van der Waals surface area contributed by atoms with E-state index in [1.54, 1.807) is 28.4 Å². The lowest BCUT2D eigenvalue weighted by atomic mass is 10.1. The Morgan fingerprint density at radius 3 is 2.45 bits per heavy atom. The maximum atomic E-state index is 13.1. The Morgan fingerprint density at radius 2 is 1.73 bits per heavy atom. The van der Waals surface area contributed by atoms with E-state index in [1.165, 1.54) is 16.3 Å². The third kappa shape index (κ3) is 4.37. The highest BCUT2D eigenvalue weighted by molar-refractivity contribution is 7.22. The molecule has 1 amide bonds. The van der Waals surface area contributed by atoms with Crippen LogP contribution in [0.4, 0.5) is 16.5 Å². The predicted octanol–water partition coefficient (Wildman–Crippen LogP) is 4.47. The van der Waals surface area contributed by atoms with Gasteiger partial charge in [0.2, 0.25) is 0 Å².